The molecule has 2 atom stereocenters. The fourth-order valence-electron chi connectivity index (χ4n) is 4.33. The number of benzene rings is 1. The molecule has 0 spiro atoms. The molecule has 5 heterocycles. The van der Waals surface area contributed by atoms with Gasteiger partial charge in [0, 0.05) is 12.7 Å². The molecular weight excluding hydrogens is 405 g/mol. The molecular formula is C20H16FN7OS. The van der Waals surface area contributed by atoms with Gasteiger partial charge in [-0.2, -0.15) is 9.47 Å². The molecule has 1 amide bonds. The summed E-state index contributed by atoms with van der Waals surface area (Å²) >= 11 is 1.29. The standard InChI is InChI=1S/C20H16FN7OS/c1-10-16-17-24-18(19-23-11(2)25-30-19)28(16)15(12-3-5-14(21)6-4-12)9-26(10)20(29)13-7-22-27(17)8-13/h3-8,10,15H,9H2,1-2H3/t10-,15+/m1/s1. The molecule has 4 bridgehead atoms. The number of carbonyl (C=O) groups is 1. The third kappa shape index (κ3) is 2.34. The molecule has 10 heteroatoms. The van der Waals surface area contributed by atoms with E-state index in [2.05, 4.69) is 19.0 Å². The summed E-state index contributed by atoms with van der Waals surface area (Å²) in [5, 5.41) is 5.08. The largest absolute Gasteiger partial charge is 0.328 e. The fourth-order valence-corrected chi connectivity index (χ4v) is 4.99. The van der Waals surface area contributed by atoms with Crippen molar-refractivity contribution in [3.8, 4) is 16.6 Å². The van der Waals surface area contributed by atoms with Crippen molar-refractivity contribution in [1.82, 2.24) is 33.6 Å². The number of halogens is 1. The summed E-state index contributed by atoms with van der Waals surface area (Å²) in [7, 11) is 0. The van der Waals surface area contributed by atoms with Crippen molar-refractivity contribution in [1.29, 1.82) is 0 Å². The van der Waals surface area contributed by atoms with Gasteiger partial charge in [0.25, 0.3) is 5.91 Å². The van der Waals surface area contributed by atoms with E-state index in [0.29, 0.717) is 34.6 Å². The van der Waals surface area contributed by atoms with Crippen molar-refractivity contribution in [3.05, 3.63) is 65.1 Å². The zero-order chi connectivity index (χ0) is 20.6. The van der Waals surface area contributed by atoms with E-state index in [1.165, 1.54) is 23.7 Å². The molecule has 0 saturated carbocycles. The highest BCUT2D eigenvalue weighted by Gasteiger charge is 2.42. The molecule has 1 aromatic carbocycles. The summed E-state index contributed by atoms with van der Waals surface area (Å²) in [5.74, 6) is 1.65. The molecule has 2 aliphatic rings. The summed E-state index contributed by atoms with van der Waals surface area (Å²) < 4.78 is 21.7. The van der Waals surface area contributed by atoms with Crippen LogP contribution in [0.1, 0.15) is 46.4 Å². The van der Waals surface area contributed by atoms with E-state index in [-0.39, 0.29) is 23.8 Å². The number of hydrogen-bond acceptors (Lipinski definition) is 6. The third-order valence-electron chi connectivity index (χ3n) is 5.75. The Labute approximate surface area is 174 Å². The van der Waals surface area contributed by atoms with Crippen LogP contribution in [0.25, 0.3) is 16.6 Å². The number of rotatable bonds is 2. The molecule has 8 nitrogen and oxygen atoms in total. The van der Waals surface area contributed by atoms with Gasteiger partial charge in [-0.05, 0) is 43.1 Å². The van der Waals surface area contributed by atoms with Crippen molar-refractivity contribution in [2.24, 2.45) is 0 Å². The van der Waals surface area contributed by atoms with E-state index in [9.17, 15) is 9.18 Å². The molecule has 2 aliphatic heterocycles. The molecule has 0 N–H and O–H groups in total. The number of carbonyl (C=O) groups excluding carboxylic acids is 1. The number of aromatic nitrogens is 6. The lowest BCUT2D eigenvalue weighted by Crippen LogP contribution is -2.44. The van der Waals surface area contributed by atoms with Crippen LogP contribution in [0, 0.1) is 12.7 Å². The Morgan fingerprint density at radius 1 is 1.20 bits per heavy atom. The van der Waals surface area contributed by atoms with Crippen molar-refractivity contribution in [2.75, 3.05) is 6.54 Å². The van der Waals surface area contributed by atoms with Crippen molar-refractivity contribution in [3.63, 3.8) is 0 Å². The Morgan fingerprint density at radius 3 is 2.73 bits per heavy atom. The van der Waals surface area contributed by atoms with Crippen LogP contribution in [0.2, 0.25) is 0 Å². The van der Waals surface area contributed by atoms with Crippen LogP contribution in [0.5, 0.6) is 0 Å². The second kappa shape index (κ2) is 6.05. The van der Waals surface area contributed by atoms with E-state index in [0.717, 1.165) is 11.3 Å². The first kappa shape index (κ1) is 17.5. The molecule has 0 saturated heterocycles. The van der Waals surface area contributed by atoms with Crippen LogP contribution in [0.4, 0.5) is 4.39 Å². The predicted molar refractivity (Wildman–Crippen MR) is 107 cm³/mol. The molecule has 0 radical (unpaired) electrons. The Balaban J connectivity index is 1.67. The van der Waals surface area contributed by atoms with Crippen molar-refractivity contribution >= 4 is 17.4 Å². The number of fused-ring (bicyclic) bond motifs is 4. The number of amides is 1. The minimum atomic E-state index is -0.300. The first-order chi connectivity index (χ1) is 14.5. The number of aryl methyl sites for hydroxylation is 1. The molecule has 4 aromatic rings. The average Bonchev–Trinajstić information content (AvgIpc) is 3.46. The highest BCUT2D eigenvalue weighted by Crippen LogP contribution is 2.42. The maximum atomic E-state index is 13.6. The molecule has 6 rings (SSSR count). The van der Waals surface area contributed by atoms with Gasteiger partial charge in [-0.1, -0.05) is 12.1 Å². The molecule has 0 unspecified atom stereocenters. The molecule has 30 heavy (non-hydrogen) atoms. The molecule has 150 valence electrons. The maximum Gasteiger partial charge on any atom is 0.257 e. The van der Waals surface area contributed by atoms with Gasteiger partial charge in [0.1, 0.15) is 11.6 Å². The molecule has 3 aromatic heterocycles. The Hall–Kier alpha value is -3.40. The lowest BCUT2D eigenvalue weighted by Gasteiger charge is -2.40. The zero-order valence-electron chi connectivity index (χ0n) is 16.2. The quantitative estimate of drug-likeness (QED) is 0.497. The van der Waals surface area contributed by atoms with Gasteiger partial charge in [-0.3, -0.25) is 4.79 Å². The summed E-state index contributed by atoms with van der Waals surface area (Å²) in [6.45, 7) is 4.27. The smallest absolute Gasteiger partial charge is 0.257 e. The normalized spacial score (nSPS) is 19.7. The van der Waals surface area contributed by atoms with Gasteiger partial charge in [0.15, 0.2) is 16.6 Å². The Kier molecular flexibility index (Phi) is 3.52. The van der Waals surface area contributed by atoms with Crippen LogP contribution in [0.15, 0.2) is 36.7 Å². The van der Waals surface area contributed by atoms with Gasteiger partial charge in [0.2, 0.25) is 0 Å². The number of imidazole rings is 1. The van der Waals surface area contributed by atoms with E-state index in [1.54, 1.807) is 29.2 Å². The van der Waals surface area contributed by atoms with E-state index in [4.69, 9.17) is 4.98 Å². The second-order valence-electron chi connectivity index (χ2n) is 7.54. The fraction of sp³-hybridized carbons (Fsp3) is 0.250. The van der Waals surface area contributed by atoms with Crippen LogP contribution in [-0.2, 0) is 0 Å². The predicted octanol–water partition coefficient (Wildman–Crippen LogP) is 3.15. The van der Waals surface area contributed by atoms with E-state index >= 15 is 0 Å². The summed E-state index contributed by atoms with van der Waals surface area (Å²) in [6.07, 6.45) is 3.29. The summed E-state index contributed by atoms with van der Waals surface area (Å²) in [6, 6.07) is 5.96. The van der Waals surface area contributed by atoms with Crippen LogP contribution in [-0.4, -0.2) is 46.0 Å². The average molecular weight is 421 g/mol. The summed E-state index contributed by atoms with van der Waals surface area (Å²) in [4.78, 5) is 24.5. The molecule has 0 fully saturated rings. The van der Waals surface area contributed by atoms with Crippen LogP contribution in [0.3, 0.4) is 0 Å². The highest BCUT2D eigenvalue weighted by molar-refractivity contribution is 7.09. The SMILES string of the molecule is Cc1nsc(-c2nc3c4n2[C@H](c2ccc(F)cc2)CN(C(=O)c2cnn-3c2)[C@@H]4C)n1. The Bertz CT molecular complexity index is 1310. The van der Waals surface area contributed by atoms with Gasteiger partial charge < -0.3 is 9.47 Å². The van der Waals surface area contributed by atoms with Gasteiger partial charge >= 0.3 is 0 Å². The van der Waals surface area contributed by atoms with Crippen molar-refractivity contribution < 1.29 is 9.18 Å². The maximum absolute atomic E-state index is 13.6. The van der Waals surface area contributed by atoms with E-state index in [1.807, 2.05) is 18.7 Å². The Morgan fingerprint density at radius 2 is 2.00 bits per heavy atom. The lowest BCUT2D eigenvalue weighted by molar-refractivity contribution is 0.0619. The van der Waals surface area contributed by atoms with Gasteiger partial charge in [0.05, 0.1) is 29.5 Å². The molecule has 0 aliphatic carbocycles. The van der Waals surface area contributed by atoms with Crippen LogP contribution >= 0.6 is 11.5 Å². The van der Waals surface area contributed by atoms with Crippen molar-refractivity contribution in [2.45, 2.75) is 25.9 Å². The number of nitrogens with zero attached hydrogens (tertiary/aromatic N) is 7. The number of hydrogen-bond donors (Lipinski definition) is 0. The van der Waals surface area contributed by atoms with E-state index < -0.39 is 0 Å². The first-order valence-corrected chi connectivity index (χ1v) is 10.3. The first-order valence-electron chi connectivity index (χ1n) is 9.55. The zero-order valence-corrected chi connectivity index (χ0v) is 17.0. The monoisotopic (exact) mass is 421 g/mol. The van der Waals surface area contributed by atoms with Crippen LogP contribution < -0.4 is 0 Å². The third-order valence-corrected chi connectivity index (χ3v) is 6.56. The lowest BCUT2D eigenvalue weighted by atomic mass is 9.99. The van der Waals surface area contributed by atoms with Gasteiger partial charge in [-0.15, -0.1) is 0 Å². The minimum absolute atomic E-state index is 0.0766. The topological polar surface area (TPSA) is 81.7 Å². The second-order valence-corrected chi connectivity index (χ2v) is 8.29. The van der Waals surface area contributed by atoms with Gasteiger partial charge in [-0.25, -0.2) is 19.0 Å². The minimum Gasteiger partial charge on any atom is -0.328 e. The highest BCUT2D eigenvalue weighted by atomic mass is 32.1. The summed E-state index contributed by atoms with van der Waals surface area (Å²) in [5.41, 5.74) is 2.29.